The number of carbonyl (C=O) groups excluding carboxylic acids is 1. The lowest BCUT2D eigenvalue weighted by Crippen LogP contribution is -2.23. The Morgan fingerprint density at radius 2 is 1.89 bits per heavy atom. The predicted molar refractivity (Wildman–Crippen MR) is 101 cm³/mol. The summed E-state index contributed by atoms with van der Waals surface area (Å²) in [6, 6.07) is 17.3. The zero-order chi connectivity index (χ0) is 19.3. The Labute approximate surface area is 160 Å². The molecule has 0 bridgehead atoms. The second-order valence-electron chi connectivity index (χ2n) is 6.19. The third-order valence-corrected chi connectivity index (χ3v) is 4.30. The summed E-state index contributed by atoms with van der Waals surface area (Å²) in [6.07, 6.45) is 3.33. The van der Waals surface area contributed by atoms with E-state index >= 15 is 0 Å². The van der Waals surface area contributed by atoms with Gasteiger partial charge in [0.15, 0.2) is 5.65 Å². The lowest BCUT2D eigenvalue weighted by Gasteiger charge is -2.09. The molecular weight excluding hydrogens is 359 g/mol. The second kappa shape index (κ2) is 7.87. The van der Waals surface area contributed by atoms with Crippen LogP contribution < -0.4 is 10.1 Å². The number of hydrogen-bond acceptors (Lipinski definition) is 4. The highest BCUT2D eigenvalue weighted by atomic mass is 19.1. The highest BCUT2D eigenvalue weighted by molar-refractivity contribution is 5.99. The maximum atomic E-state index is 13.6. The Morgan fingerprint density at radius 1 is 1.07 bits per heavy atom. The minimum atomic E-state index is -0.287. The number of carbonyl (C=O) groups is 1. The third kappa shape index (κ3) is 3.83. The average molecular weight is 376 g/mol. The minimum Gasteiger partial charge on any atom is -0.489 e. The smallest absolute Gasteiger partial charge is 0.255 e. The van der Waals surface area contributed by atoms with Crippen LogP contribution in [0.3, 0.4) is 0 Å². The maximum Gasteiger partial charge on any atom is 0.255 e. The van der Waals surface area contributed by atoms with Gasteiger partial charge in [-0.25, -0.2) is 4.39 Å². The molecule has 0 aliphatic carbocycles. The van der Waals surface area contributed by atoms with Crippen molar-refractivity contribution in [2.75, 3.05) is 0 Å². The number of benzene rings is 2. The number of amides is 1. The summed E-state index contributed by atoms with van der Waals surface area (Å²) in [6.45, 7) is 0.521. The van der Waals surface area contributed by atoms with Crippen molar-refractivity contribution < 1.29 is 13.9 Å². The summed E-state index contributed by atoms with van der Waals surface area (Å²) in [5.41, 5.74) is 2.39. The van der Waals surface area contributed by atoms with Crippen LogP contribution in [0.2, 0.25) is 0 Å². The van der Waals surface area contributed by atoms with E-state index in [9.17, 15) is 9.18 Å². The zero-order valence-corrected chi connectivity index (χ0v) is 14.9. The molecule has 0 saturated carbocycles. The van der Waals surface area contributed by atoms with Crippen molar-refractivity contribution in [3.8, 4) is 5.75 Å². The fourth-order valence-corrected chi connectivity index (χ4v) is 2.79. The van der Waals surface area contributed by atoms with Crippen LogP contribution in [0.15, 0.2) is 73.2 Å². The molecule has 2 heterocycles. The first-order chi connectivity index (χ1) is 13.7. The summed E-state index contributed by atoms with van der Waals surface area (Å²) in [5, 5.41) is 10.7. The van der Waals surface area contributed by atoms with Gasteiger partial charge in [0.05, 0.1) is 5.56 Å². The average Bonchev–Trinajstić information content (AvgIpc) is 3.21. The summed E-state index contributed by atoms with van der Waals surface area (Å²) < 4.78 is 20.9. The molecule has 4 rings (SSSR count). The molecule has 0 aliphatic rings. The van der Waals surface area contributed by atoms with Crippen LogP contribution >= 0.6 is 0 Å². The Hall–Kier alpha value is -3.74. The zero-order valence-electron chi connectivity index (χ0n) is 14.9. The Bertz CT molecular complexity index is 1110. The molecule has 2 aromatic carbocycles. The van der Waals surface area contributed by atoms with E-state index in [0.717, 1.165) is 5.56 Å². The SMILES string of the molecule is O=C(NCc1ccc(OCc2ccccc2F)cc1)c1cccn2cnnc12. The third-order valence-electron chi connectivity index (χ3n) is 4.30. The molecular formula is C21H17FN4O2. The molecule has 1 N–H and O–H groups in total. The maximum absolute atomic E-state index is 13.6. The van der Waals surface area contributed by atoms with E-state index in [1.54, 1.807) is 59.4 Å². The van der Waals surface area contributed by atoms with Gasteiger partial charge in [-0.2, -0.15) is 0 Å². The van der Waals surface area contributed by atoms with Gasteiger partial charge < -0.3 is 10.1 Å². The van der Waals surface area contributed by atoms with Crippen LogP contribution in [0.25, 0.3) is 5.65 Å². The Balaban J connectivity index is 1.35. The Morgan fingerprint density at radius 3 is 2.71 bits per heavy atom. The highest BCUT2D eigenvalue weighted by Crippen LogP contribution is 2.16. The molecule has 0 fully saturated rings. The number of ether oxygens (including phenoxy) is 1. The summed E-state index contributed by atoms with van der Waals surface area (Å²) in [7, 11) is 0. The number of nitrogens with one attached hydrogen (secondary N) is 1. The number of rotatable bonds is 6. The first-order valence-corrected chi connectivity index (χ1v) is 8.72. The molecule has 140 valence electrons. The van der Waals surface area contributed by atoms with Crippen LogP contribution in [0.5, 0.6) is 5.75 Å². The second-order valence-corrected chi connectivity index (χ2v) is 6.19. The van der Waals surface area contributed by atoms with Crippen molar-refractivity contribution in [3.05, 3.63) is 95.7 Å². The van der Waals surface area contributed by atoms with Gasteiger partial charge in [-0.15, -0.1) is 10.2 Å². The van der Waals surface area contributed by atoms with Crippen LogP contribution in [-0.4, -0.2) is 20.5 Å². The molecule has 6 nitrogen and oxygen atoms in total. The summed E-state index contributed by atoms with van der Waals surface area (Å²) in [5.74, 6) is 0.120. The van der Waals surface area contributed by atoms with Crippen molar-refractivity contribution in [1.82, 2.24) is 19.9 Å². The molecule has 4 aromatic rings. The first-order valence-electron chi connectivity index (χ1n) is 8.72. The van der Waals surface area contributed by atoms with Crippen molar-refractivity contribution in [2.24, 2.45) is 0 Å². The number of fused-ring (bicyclic) bond motifs is 1. The number of pyridine rings is 1. The molecule has 0 radical (unpaired) electrons. The van der Waals surface area contributed by atoms with Crippen LogP contribution in [0.1, 0.15) is 21.5 Å². The molecule has 0 spiro atoms. The number of aromatic nitrogens is 3. The van der Waals surface area contributed by atoms with E-state index in [2.05, 4.69) is 15.5 Å². The van der Waals surface area contributed by atoms with Crippen molar-refractivity contribution in [1.29, 1.82) is 0 Å². The molecule has 1 amide bonds. The van der Waals surface area contributed by atoms with Crippen LogP contribution in [0.4, 0.5) is 4.39 Å². The predicted octanol–water partition coefficient (Wildman–Crippen LogP) is 3.38. The fraction of sp³-hybridized carbons (Fsp3) is 0.0952. The van der Waals surface area contributed by atoms with Gasteiger partial charge in [0, 0.05) is 18.3 Å². The topological polar surface area (TPSA) is 68.5 Å². The lowest BCUT2D eigenvalue weighted by molar-refractivity contribution is 0.0952. The Kier molecular flexibility index (Phi) is 4.97. The molecule has 0 saturated heterocycles. The van der Waals surface area contributed by atoms with E-state index in [1.165, 1.54) is 6.07 Å². The van der Waals surface area contributed by atoms with E-state index in [0.29, 0.717) is 29.1 Å². The molecule has 28 heavy (non-hydrogen) atoms. The fourth-order valence-electron chi connectivity index (χ4n) is 2.79. The van der Waals surface area contributed by atoms with Gasteiger partial charge in [-0.3, -0.25) is 9.20 Å². The standard InChI is InChI=1S/C21H17FN4O2/c22-19-6-2-1-4-16(19)13-28-17-9-7-15(8-10-17)12-23-21(27)18-5-3-11-26-14-24-25-20(18)26/h1-11,14H,12-13H2,(H,23,27). The van der Waals surface area contributed by atoms with Crippen LogP contribution in [-0.2, 0) is 13.2 Å². The summed E-state index contributed by atoms with van der Waals surface area (Å²) in [4.78, 5) is 12.4. The minimum absolute atomic E-state index is 0.158. The van der Waals surface area contributed by atoms with E-state index in [4.69, 9.17) is 4.74 Å². The lowest BCUT2D eigenvalue weighted by atomic mass is 10.2. The highest BCUT2D eigenvalue weighted by Gasteiger charge is 2.11. The molecule has 2 aromatic heterocycles. The van der Waals surface area contributed by atoms with Gasteiger partial charge in [0.2, 0.25) is 0 Å². The van der Waals surface area contributed by atoms with Crippen molar-refractivity contribution in [2.45, 2.75) is 13.2 Å². The van der Waals surface area contributed by atoms with Gasteiger partial charge in [0.1, 0.15) is 24.5 Å². The molecule has 7 heteroatoms. The van der Waals surface area contributed by atoms with Crippen molar-refractivity contribution in [3.63, 3.8) is 0 Å². The van der Waals surface area contributed by atoms with Gasteiger partial charge in [-0.1, -0.05) is 30.3 Å². The molecule has 0 atom stereocenters. The molecule has 0 unspecified atom stereocenters. The number of nitrogens with zero attached hydrogens (tertiary/aromatic N) is 3. The number of hydrogen-bond donors (Lipinski definition) is 1. The van der Waals surface area contributed by atoms with E-state index in [1.807, 2.05) is 12.1 Å². The monoisotopic (exact) mass is 376 g/mol. The molecule has 0 aliphatic heterocycles. The van der Waals surface area contributed by atoms with Gasteiger partial charge >= 0.3 is 0 Å². The van der Waals surface area contributed by atoms with E-state index in [-0.39, 0.29) is 18.3 Å². The van der Waals surface area contributed by atoms with Crippen molar-refractivity contribution >= 4 is 11.6 Å². The number of halogens is 1. The summed E-state index contributed by atoms with van der Waals surface area (Å²) >= 11 is 0. The normalized spacial score (nSPS) is 10.8. The largest absolute Gasteiger partial charge is 0.489 e. The quantitative estimate of drug-likeness (QED) is 0.560. The van der Waals surface area contributed by atoms with Crippen LogP contribution in [0, 0.1) is 5.82 Å². The van der Waals surface area contributed by atoms with E-state index < -0.39 is 0 Å². The van der Waals surface area contributed by atoms with Gasteiger partial charge in [-0.05, 0) is 35.9 Å². The van der Waals surface area contributed by atoms with Gasteiger partial charge in [0.25, 0.3) is 5.91 Å². The first kappa shape index (κ1) is 17.7.